The molecule has 0 radical (unpaired) electrons. The quantitative estimate of drug-likeness (QED) is 0.505. The van der Waals surface area contributed by atoms with E-state index in [-0.39, 0.29) is 12.2 Å². The number of anilines is 2. The molecule has 1 N–H and O–H groups in total. The summed E-state index contributed by atoms with van der Waals surface area (Å²) in [5.41, 5.74) is 3.25. The van der Waals surface area contributed by atoms with Crippen molar-refractivity contribution in [2.45, 2.75) is 33.6 Å². The van der Waals surface area contributed by atoms with Crippen LogP contribution in [0.3, 0.4) is 0 Å². The van der Waals surface area contributed by atoms with E-state index in [4.69, 9.17) is 4.74 Å². The molecule has 2 amide bonds. The van der Waals surface area contributed by atoms with Crippen molar-refractivity contribution < 1.29 is 22.7 Å². The smallest absolute Gasteiger partial charge is 0.322 e. The predicted molar refractivity (Wildman–Crippen MR) is 137 cm³/mol. The summed E-state index contributed by atoms with van der Waals surface area (Å²) in [6, 6.07) is 4.20. The van der Waals surface area contributed by atoms with Crippen LogP contribution in [0.1, 0.15) is 26.3 Å². The zero-order valence-corrected chi connectivity index (χ0v) is 21.5. The first kappa shape index (κ1) is 25.4. The van der Waals surface area contributed by atoms with Gasteiger partial charge in [-0.1, -0.05) is 20.8 Å². The van der Waals surface area contributed by atoms with Gasteiger partial charge in [-0.25, -0.2) is 22.9 Å². The number of nitrogens with one attached hydrogen (secondary N) is 1. The van der Waals surface area contributed by atoms with Crippen molar-refractivity contribution in [1.29, 1.82) is 0 Å². The van der Waals surface area contributed by atoms with Gasteiger partial charge in [-0.05, 0) is 41.7 Å². The number of rotatable bonds is 3. The number of hydrogen-bond donors (Lipinski definition) is 1. The van der Waals surface area contributed by atoms with Gasteiger partial charge in [0, 0.05) is 49.7 Å². The molecule has 2 saturated heterocycles. The molecule has 2 fully saturated rings. The van der Waals surface area contributed by atoms with Crippen molar-refractivity contribution in [3.8, 4) is 11.1 Å². The molecule has 37 heavy (non-hydrogen) atoms. The Morgan fingerprint density at radius 2 is 1.92 bits per heavy atom. The van der Waals surface area contributed by atoms with Crippen molar-refractivity contribution in [1.82, 2.24) is 14.3 Å². The van der Waals surface area contributed by atoms with Crippen LogP contribution in [0.4, 0.5) is 29.3 Å². The van der Waals surface area contributed by atoms with Gasteiger partial charge in [-0.15, -0.1) is 0 Å². The van der Waals surface area contributed by atoms with Gasteiger partial charge >= 0.3 is 6.03 Å². The van der Waals surface area contributed by atoms with Gasteiger partial charge in [-0.3, -0.25) is 0 Å². The Hall–Kier alpha value is -3.27. The second kappa shape index (κ2) is 9.24. The lowest BCUT2D eigenvalue weighted by Crippen LogP contribution is -2.36. The van der Waals surface area contributed by atoms with Crippen LogP contribution in [0.5, 0.6) is 0 Å². The van der Waals surface area contributed by atoms with Crippen LogP contribution in [0.15, 0.2) is 36.8 Å². The molecule has 7 nitrogen and oxygen atoms in total. The topological polar surface area (TPSA) is 62.1 Å². The van der Waals surface area contributed by atoms with Gasteiger partial charge in [0.25, 0.3) is 5.92 Å². The first-order valence-corrected chi connectivity index (χ1v) is 12.5. The minimum absolute atomic E-state index is 0.0493. The number of urea groups is 1. The monoisotopic (exact) mass is 515 g/mol. The Morgan fingerprint density at radius 3 is 2.59 bits per heavy atom. The molecule has 0 saturated carbocycles. The number of morpholine rings is 1. The fourth-order valence-corrected chi connectivity index (χ4v) is 5.32. The van der Waals surface area contributed by atoms with Gasteiger partial charge in [0.15, 0.2) is 5.65 Å². The molecular weight excluding hydrogens is 483 g/mol. The number of carbonyl (C=O) groups is 1. The van der Waals surface area contributed by atoms with E-state index in [0.717, 1.165) is 40.5 Å². The van der Waals surface area contributed by atoms with E-state index >= 15 is 0 Å². The van der Waals surface area contributed by atoms with E-state index < -0.39 is 35.6 Å². The molecule has 2 aliphatic rings. The number of ether oxygens (including phenoxy) is 1. The highest BCUT2D eigenvalue weighted by Gasteiger charge is 2.54. The number of amides is 2. The third-order valence-electron chi connectivity index (χ3n) is 7.33. The van der Waals surface area contributed by atoms with Crippen LogP contribution in [0.25, 0.3) is 16.8 Å². The van der Waals surface area contributed by atoms with Gasteiger partial charge in [0.1, 0.15) is 5.82 Å². The van der Waals surface area contributed by atoms with E-state index in [1.165, 1.54) is 6.07 Å². The average molecular weight is 516 g/mol. The first-order valence-electron chi connectivity index (χ1n) is 12.5. The summed E-state index contributed by atoms with van der Waals surface area (Å²) in [5.74, 6) is -4.61. The molecule has 1 unspecified atom stereocenters. The number of likely N-dealkylation sites (tertiary alicyclic amines) is 1. The maximum absolute atomic E-state index is 15.0. The highest BCUT2D eigenvalue weighted by molar-refractivity contribution is 5.91. The Bertz CT molecular complexity index is 1330. The van der Waals surface area contributed by atoms with Crippen LogP contribution < -0.4 is 10.2 Å². The van der Waals surface area contributed by atoms with E-state index in [9.17, 15) is 18.0 Å². The lowest BCUT2D eigenvalue weighted by atomic mass is 9.78. The van der Waals surface area contributed by atoms with E-state index in [1.54, 1.807) is 40.0 Å². The second-order valence-electron chi connectivity index (χ2n) is 11.0. The number of benzene rings is 1. The van der Waals surface area contributed by atoms with Gasteiger partial charge in [0.05, 0.1) is 31.1 Å². The van der Waals surface area contributed by atoms with Crippen LogP contribution in [-0.4, -0.2) is 65.6 Å². The Balaban J connectivity index is 1.46. The highest BCUT2D eigenvalue weighted by Crippen LogP contribution is 2.44. The SMILES string of the molecule is Cc1cc(F)c(NC(=O)N2CC(C(C)(C)C)C(F)(F)C2)cc1-c1cc(N2CCOCC2)c2nccn2c1. The number of halogens is 3. The van der Waals surface area contributed by atoms with Gasteiger partial charge < -0.3 is 24.3 Å². The molecule has 0 spiro atoms. The zero-order chi connectivity index (χ0) is 26.5. The lowest BCUT2D eigenvalue weighted by molar-refractivity contribution is -0.0618. The number of pyridine rings is 1. The van der Waals surface area contributed by atoms with E-state index in [1.807, 2.05) is 22.9 Å². The second-order valence-corrected chi connectivity index (χ2v) is 11.0. The standard InChI is InChI=1S/C27H32F3N5O2/c1-17-11-20(28)21(32-25(36)35-15-23(26(2,3)4)27(29,30)16-35)13-19(17)18-12-22(33-7-9-37-10-8-33)24-31-5-6-34(24)14-18/h5-6,11-14,23H,7-10,15-16H2,1-4H3,(H,32,36). The highest BCUT2D eigenvalue weighted by atomic mass is 19.3. The largest absolute Gasteiger partial charge is 0.378 e. The fourth-order valence-electron chi connectivity index (χ4n) is 5.32. The number of fused-ring (bicyclic) bond motifs is 1. The summed E-state index contributed by atoms with van der Waals surface area (Å²) in [7, 11) is 0. The third kappa shape index (κ3) is 4.86. The van der Waals surface area contributed by atoms with Crippen molar-refractivity contribution in [2.24, 2.45) is 11.3 Å². The summed E-state index contributed by atoms with van der Waals surface area (Å²) >= 11 is 0. The molecule has 0 aliphatic carbocycles. The van der Waals surface area contributed by atoms with Crippen molar-refractivity contribution >= 4 is 23.1 Å². The number of aromatic nitrogens is 2. The molecule has 4 heterocycles. The van der Waals surface area contributed by atoms with E-state index in [2.05, 4.69) is 15.2 Å². The summed E-state index contributed by atoms with van der Waals surface area (Å²) in [6.45, 7) is 8.92. The molecule has 10 heteroatoms. The predicted octanol–water partition coefficient (Wildman–Crippen LogP) is 5.43. The first-order chi connectivity index (χ1) is 17.4. The Labute approximate surface area is 214 Å². The molecule has 0 bridgehead atoms. The average Bonchev–Trinajstić information content (AvgIpc) is 3.44. The minimum Gasteiger partial charge on any atom is -0.378 e. The number of aryl methyl sites for hydroxylation is 1. The third-order valence-corrected chi connectivity index (χ3v) is 7.33. The normalized spacial score (nSPS) is 20.0. The number of hydrogen-bond acceptors (Lipinski definition) is 4. The van der Waals surface area contributed by atoms with Crippen molar-refractivity contribution in [2.75, 3.05) is 49.6 Å². The maximum atomic E-state index is 15.0. The van der Waals surface area contributed by atoms with Gasteiger partial charge in [-0.2, -0.15) is 0 Å². The summed E-state index contributed by atoms with van der Waals surface area (Å²) in [5, 5.41) is 2.54. The molecule has 2 aromatic heterocycles. The molecule has 3 aromatic rings. The lowest BCUT2D eigenvalue weighted by Gasteiger charge is -2.30. The minimum atomic E-state index is -3.01. The Morgan fingerprint density at radius 1 is 1.19 bits per heavy atom. The molecule has 1 aromatic carbocycles. The number of alkyl halides is 2. The molecular formula is C27H32F3N5O2. The number of carbonyl (C=O) groups excluding carboxylic acids is 1. The van der Waals surface area contributed by atoms with Crippen LogP contribution in [-0.2, 0) is 4.74 Å². The summed E-state index contributed by atoms with van der Waals surface area (Å²) < 4.78 is 51.7. The Kier molecular flexibility index (Phi) is 6.34. The van der Waals surface area contributed by atoms with Crippen LogP contribution in [0, 0.1) is 24.1 Å². The molecule has 198 valence electrons. The van der Waals surface area contributed by atoms with Crippen molar-refractivity contribution in [3.05, 3.63) is 48.2 Å². The summed E-state index contributed by atoms with van der Waals surface area (Å²) in [6.07, 6.45) is 5.49. The molecule has 1 atom stereocenters. The van der Waals surface area contributed by atoms with Crippen LogP contribution >= 0.6 is 0 Å². The number of imidazole rings is 1. The summed E-state index contributed by atoms with van der Waals surface area (Å²) in [4.78, 5) is 20.7. The fraction of sp³-hybridized carbons (Fsp3) is 0.481. The molecule has 5 rings (SSSR count). The van der Waals surface area contributed by atoms with Gasteiger partial charge in [0.2, 0.25) is 0 Å². The molecule has 2 aliphatic heterocycles. The zero-order valence-electron chi connectivity index (χ0n) is 21.5. The van der Waals surface area contributed by atoms with Crippen LogP contribution in [0.2, 0.25) is 0 Å². The van der Waals surface area contributed by atoms with Crippen molar-refractivity contribution in [3.63, 3.8) is 0 Å². The number of nitrogens with zero attached hydrogens (tertiary/aromatic N) is 4. The maximum Gasteiger partial charge on any atom is 0.322 e. The van der Waals surface area contributed by atoms with E-state index in [0.29, 0.717) is 18.8 Å².